The van der Waals surface area contributed by atoms with Gasteiger partial charge in [-0.1, -0.05) is 0 Å². The highest BCUT2D eigenvalue weighted by molar-refractivity contribution is 5.60. The van der Waals surface area contributed by atoms with E-state index >= 15 is 0 Å². The molecule has 1 heterocycles. The molecule has 1 atom stereocenters. The van der Waals surface area contributed by atoms with E-state index in [9.17, 15) is 0 Å². The molecule has 5 heteroatoms. The number of ether oxygens (including phenoxy) is 2. The van der Waals surface area contributed by atoms with E-state index in [4.69, 9.17) is 9.47 Å². The van der Waals surface area contributed by atoms with Crippen LogP contribution in [-0.2, 0) is 6.54 Å². The molecule has 1 unspecified atom stereocenters. The maximum Gasteiger partial charge on any atom is 0.145 e. The number of rotatable bonds is 6. The Hall–Kier alpha value is -2.17. The van der Waals surface area contributed by atoms with Crippen molar-refractivity contribution in [3.05, 3.63) is 36.2 Å². The lowest BCUT2D eigenvalue weighted by molar-refractivity contribution is 0.395. The fourth-order valence-corrected chi connectivity index (χ4v) is 2.01. The number of aromatic nitrogens is 2. The summed E-state index contributed by atoms with van der Waals surface area (Å²) in [5.74, 6) is 1.54. The minimum absolute atomic E-state index is 0.151. The zero-order chi connectivity index (χ0) is 14.5. The molecule has 0 aliphatic rings. The molecule has 1 aromatic carbocycles. The van der Waals surface area contributed by atoms with E-state index in [2.05, 4.69) is 24.3 Å². The van der Waals surface area contributed by atoms with Crippen molar-refractivity contribution in [2.24, 2.45) is 0 Å². The molecule has 0 aliphatic heterocycles. The van der Waals surface area contributed by atoms with Crippen molar-refractivity contribution in [3.63, 3.8) is 0 Å². The highest BCUT2D eigenvalue weighted by Gasteiger charge is 2.11. The van der Waals surface area contributed by atoms with Gasteiger partial charge in [-0.15, -0.1) is 0 Å². The topological polar surface area (TPSA) is 48.3 Å². The maximum atomic E-state index is 5.39. The molecule has 2 rings (SSSR count). The number of nitrogens with zero attached hydrogens (tertiary/aromatic N) is 2. The Morgan fingerprint density at radius 1 is 1.30 bits per heavy atom. The molecule has 0 saturated carbocycles. The Balaban J connectivity index is 2.16. The smallest absolute Gasteiger partial charge is 0.145 e. The summed E-state index contributed by atoms with van der Waals surface area (Å²) in [7, 11) is 3.30. The number of benzene rings is 1. The molecule has 108 valence electrons. The van der Waals surface area contributed by atoms with Crippen molar-refractivity contribution < 1.29 is 9.47 Å². The first-order valence-corrected chi connectivity index (χ1v) is 6.68. The van der Waals surface area contributed by atoms with Crippen LogP contribution < -0.4 is 14.8 Å². The second-order valence-corrected chi connectivity index (χ2v) is 4.56. The van der Waals surface area contributed by atoms with E-state index in [1.54, 1.807) is 14.2 Å². The zero-order valence-corrected chi connectivity index (χ0v) is 12.4. The summed E-state index contributed by atoms with van der Waals surface area (Å²) >= 11 is 0. The van der Waals surface area contributed by atoms with Gasteiger partial charge in [0.2, 0.25) is 0 Å². The van der Waals surface area contributed by atoms with Gasteiger partial charge < -0.3 is 14.8 Å². The molecule has 0 saturated heterocycles. The van der Waals surface area contributed by atoms with Crippen LogP contribution in [0.2, 0.25) is 0 Å². The molecular formula is C15H21N3O2. The fourth-order valence-electron chi connectivity index (χ4n) is 2.01. The van der Waals surface area contributed by atoms with Gasteiger partial charge in [-0.05, 0) is 26.0 Å². The van der Waals surface area contributed by atoms with Crippen LogP contribution in [0.4, 0.5) is 5.69 Å². The van der Waals surface area contributed by atoms with Crippen LogP contribution in [0.3, 0.4) is 0 Å². The van der Waals surface area contributed by atoms with Gasteiger partial charge in [0.1, 0.15) is 11.5 Å². The van der Waals surface area contributed by atoms with E-state index in [1.165, 1.54) is 0 Å². The molecule has 0 fully saturated rings. The molecule has 20 heavy (non-hydrogen) atoms. The standard InChI is InChI=1S/C15H21N3O2/c1-5-18-10-12(9-16-18)11(2)17-14-7-6-13(19-3)8-15(14)20-4/h6-11,17H,5H2,1-4H3. The van der Waals surface area contributed by atoms with Gasteiger partial charge in [-0.25, -0.2) is 0 Å². The highest BCUT2D eigenvalue weighted by atomic mass is 16.5. The lowest BCUT2D eigenvalue weighted by Gasteiger charge is -2.17. The molecule has 0 bridgehead atoms. The van der Waals surface area contributed by atoms with E-state index in [1.807, 2.05) is 35.3 Å². The Kier molecular flexibility index (Phi) is 4.50. The number of aryl methyl sites for hydroxylation is 1. The van der Waals surface area contributed by atoms with Crippen molar-refractivity contribution >= 4 is 5.69 Å². The average Bonchev–Trinajstić information content (AvgIpc) is 2.96. The lowest BCUT2D eigenvalue weighted by Crippen LogP contribution is -2.07. The summed E-state index contributed by atoms with van der Waals surface area (Å²) in [5.41, 5.74) is 2.08. The molecule has 0 spiro atoms. The Morgan fingerprint density at radius 3 is 2.70 bits per heavy atom. The summed E-state index contributed by atoms with van der Waals surface area (Å²) in [4.78, 5) is 0. The monoisotopic (exact) mass is 275 g/mol. The minimum Gasteiger partial charge on any atom is -0.497 e. The van der Waals surface area contributed by atoms with Crippen molar-refractivity contribution in [1.82, 2.24) is 9.78 Å². The first-order chi connectivity index (χ1) is 9.67. The summed E-state index contributed by atoms with van der Waals surface area (Å²) in [6.07, 6.45) is 3.94. The third-order valence-electron chi connectivity index (χ3n) is 3.26. The first-order valence-electron chi connectivity index (χ1n) is 6.68. The summed E-state index contributed by atoms with van der Waals surface area (Å²) in [5, 5.41) is 7.73. The molecule has 0 radical (unpaired) electrons. The lowest BCUT2D eigenvalue weighted by atomic mass is 10.1. The summed E-state index contributed by atoms with van der Waals surface area (Å²) in [6, 6.07) is 5.88. The second kappa shape index (κ2) is 6.32. The molecule has 0 aliphatic carbocycles. The second-order valence-electron chi connectivity index (χ2n) is 4.56. The van der Waals surface area contributed by atoms with Gasteiger partial charge in [-0.2, -0.15) is 5.10 Å². The molecular weight excluding hydrogens is 254 g/mol. The van der Waals surface area contributed by atoms with Gasteiger partial charge in [0, 0.05) is 24.4 Å². The Labute approximate surface area is 119 Å². The van der Waals surface area contributed by atoms with Crippen molar-refractivity contribution in [2.75, 3.05) is 19.5 Å². The summed E-state index contributed by atoms with van der Waals surface area (Å²) in [6.45, 7) is 5.04. The summed E-state index contributed by atoms with van der Waals surface area (Å²) < 4.78 is 12.5. The molecule has 2 aromatic rings. The number of hydrogen-bond donors (Lipinski definition) is 1. The SMILES string of the molecule is CCn1cc(C(C)Nc2ccc(OC)cc2OC)cn1. The van der Waals surface area contributed by atoms with E-state index in [0.717, 1.165) is 29.3 Å². The normalized spacial score (nSPS) is 12.0. The van der Waals surface area contributed by atoms with Gasteiger partial charge >= 0.3 is 0 Å². The van der Waals surface area contributed by atoms with Crippen LogP contribution in [0, 0.1) is 0 Å². The van der Waals surface area contributed by atoms with Crippen LogP contribution in [0.25, 0.3) is 0 Å². The number of nitrogens with one attached hydrogen (secondary N) is 1. The van der Waals surface area contributed by atoms with Crippen molar-refractivity contribution in [2.45, 2.75) is 26.4 Å². The van der Waals surface area contributed by atoms with Crippen LogP contribution in [0.15, 0.2) is 30.6 Å². The zero-order valence-electron chi connectivity index (χ0n) is 12.4. The molecule has 5 nitrogen and oxygen atoms in total. The molecule has 1 aromatic heterocycles. The molecule has 0 amide bonds. The van der Waals surface area contributed by atoms with Gasteiger partial charge in [0.15, 0.2) is 0 Å². The number of methoxy groups -OCH3 is 2. The number of hydrogen-bond acceptors (Lipinski definition) is 4. The highest BCUT2D eigenvalue weighted by Crippen LogP contribution is 2.31. The minimum atomic E-state index is 0.151. The van der Waals surface area contributed by atoms with E-state index < -0.39 is 0 Å². The van der Waals surface area contributed by atoms with E-state index in [0.29, 0.717) is 0 Å². The van der Waals surface area contributed by atoms with E-state index in [-0.39, 0.29) is 6.04 Å². The van der Waals surface area contributed by atoms with Crippen LogP contribution in [0.5, 0.6) is 11.5 Å². The number of anilines is 1. The Morgan fingerprint density at radius 2 is 2.10 bits per heavy atom. The largest absolute Gasteiger partial charge is 0.497 e. The van der Waals surface area contributed by atoms with Crippen molar-refractivity contribution in [3.8, 4) is 11.5 Å². The average molecular weight is 275 g/mol. The third-order valence-corrected chi connectivity index (χ3v) is 3.26. The maximum absolute atomic E-state index is 5.39. The van der Waals surface area contributed by atoms with Gasteiger partial charge in [0.25, 0.3) is 0 Å². The Bertz CT molecular complexity index is 566. The van der Waals surface area contributed by atoms with Crippen molar-refractivity contribution in [1.29, 1.82) is 0 Å². The fraction of sp³-hybridized carbons (Fsp3) is 0.400. The quantitative estimate of drug-likeness (QED) is 0.880. The van der Waals surface area contributed by atoms with Gasteiger partial charge in [-0.3, -0.25) is 4.68 Å². The van der Waals surface area contributed by atoms with Crippen LogP contribution in [0.1, 0.15) is 25.5 Å². The van der Waals surface area contributed by atoms with Crippen LogP contribution in [-0.4, -0.2) is 24.0 Å². The van der Waals surface area contributed by atoms with Crippen LogP contribution >= 0.6 is 0 Å². The predicted molar refractivity (Wildman–Crippen MR) is 79.5 cm³/mol. The third kappa shape index (κ3) is 3.04. The first kappa shape index (κ1) is 14.2. The molecule has 1 N–H and O–H groups in total. The van der Waals surface area contributed by atoms with Gasteiger partial charge in [0.05, 0.1) is 32.1 Å². The predicted octanol–water partition coefficient (Wildman–Crippen LogP) is 3.09.